The van der Waals surface area contributed by atoms with E-state index in [0.717, 1.165) is 51.5 Å². The van der Waals surface area contributed by atoms with Gasteiger partial charge in [0.15, 0.2) is 5.96 Å². The zero-order chi connectivity index (χ0) is 18.5. The molecule has 0 heterocycles. The van der Waals surface area contributed by atoms with Gasteiger partial charge >= 0.3 is 0 Å². The number of benzene rings is 2. The van der Waals surface area contributed by atoms with Crippen LogP contribution in [0.15, 0.2) is 59.6 Å². The van der Waals surface area contributed by atoms with Crippen LogP contribution in [0.1, 0.15) is 29.5 Å². The van der Waals surface area contributed by atoms with Crippen LogP contribution in [-0.4, -0.2) is 32.8 Å². The minimum Gasteiger partial charge on any atom is -0.381 e. The smallest absolute Gasteiger partial charge is 0.191 e. The maximum atomic E-state index is 5.72. The van der Waals surface area contributed by atoms with Crippen LogP contribution in [0.4, 0.5) is 0 Å². The first-order chi connectivity index (χ1) is 12.8. The minimum absolute atomic E-state index is 0.787. The number of nitrogens with one attached hydrogen (secondary N) is 2. The van der Waals surface area contributed by atoms with Gasteiger partial charge in [-0.05, 0) is 42.9 Å². The summed E-state index contributed by atoms with van der Waals surface area (Å²) >= 11 is 0. The number of ether oxygens (including phenoxy) is 1. The van der Waals surface area contributed by atoms with Crippen LogP contribution in [0.2, 0.25) is 0 Å². The van der Waals surface area contributed by atoms with Crippen molar-refractivity contribution in [1.82, 2.24) is 10.6 Å². The molecule has 0 atom stereocenters. The number of aryl methyl sites for hydroxylation is 1. The van der Waals surface area contributed by atoms with Gasteiger partial charge in [0.05, 0.1) is 6.61 Å². The fourth-order valence-electron chi connectivity index (χ4n) is 2.68. The van der Waals surface area contributed by atoms with E-state index in [2.05, 4.69) is 71.1 Å². The summed E-state index contributed by atoms with van der Waals surface area (Å²) in [6, 6.07) is 18.9. The van der Waals surface area contributed by atoms with Gasteiger partial charge in [0, 0.05) is 26.7 Å². The Morgan fingerprint density at radius 1 is 0.923 bits per heavy atom. The molecule has 0 radical (unpaired) electrons. The third kappa shape index (κ3) is 7.70. The largest absolute Gasteiger partial charge is 0.381 e. The van der Waals surface area contributed by atoms with E-state index in [1.807, 2.05) is 6.07 Å². The fourth-order valence-corrected chi connectivity index (χ4v) is 2.68. The van der Waals surface area contributed by atoms with Crippen LogP contribution in [-0.2, 0) is 17.7 Å². The number of aliphatic imine (C=N–C) groups is 1. The molecule has 2 rings (SSSR count). The minimum atomic E-state index is 0.787. The lowest BCUT2D eigenvalue weighted by Gasteiger charge is -2.13. The monoisotopic (exact) mass is 353 g/mol. The van der Waals surface area contributed by atoms with Gasteiger partial charge in [-0.25, -0.2) is 0 Å². The molecule has 0 saturated heterocycles. The molecule has 0 saturated carbocycles. The second-order valence-electron chi connectivity index (χ2n) is 6.33. The number of rotatable bonds is 10. The normalized spacial score (nSPS) is 11.4. The molecule has 2 aromatic rings. The van der Waals surface area contributed by atoms with E-state index in [9.17, 15) is 0 Å². The Bertz CT molecular complexity index is 655. The van der Waals surface area contributed by atoms with E-state index in [-0.39, 0.29) is 0 Å². The highest BCUT2D eigenvalue weighted by molar-refractivity contribution is 5.79. The first kappa shape index (κ1) is 20.0. The molecule has 2 aromatic carbocycles. The molecule has 140 valence electrons. The number of hydrogen-bond donors (Lipinski definition) is 2. The van der Waals surface area contributed by atoms with Gasteiger partial charge in [0.2, 0.25) is 0 Å². The average Bonchev–Trinajstić information content (AvgIpc) is 2.68. The van der Waals surface area contributed by atoms with Crippen LogP contribution in [0.5, 0.6) is 0 Å². The van der Waals surface area contributed by atoms with Gasteiger partial charge in [-0.2, -0.15) is 0 Å². The Balaban J connectivity index is 1.51. The number of guanidine groups is 1. The SMILES string of the molecule is CN=C(NCCCCOCCc1ccccc1)NCc1ccccc1C. The quantitative estimate of drug-likeness (QED) is 0.389. The van der Waals surface area contributed by atoms with Gasteiger partial charge in [-0.1, -0.05) is 54.6 Å². The second-order valence-corrected chi connectivity index (χ2v) is 6.33. The molecular formula is C22H31N3O. The topological polar surface area (TPSA) is 45.7 Å². The van der Waals surface area contributed by atoms with E-state index in [1.54, 1.807) is 7.05 Å². The molecule has 0 aliphatic carbocycles. The van der Waals surface area contributed by atoms with Gasteiger partial charge < -0.3 is 15.4 Å². The van der Waals surface area contributed by atoms with Crippen LogP contribution in [0.25, 0.3) is 0 Å². The summed E-state index contributed by atoms with van der Waals surface area (Å²) in [5.74, 6) is 0.846. The molecule has 0 amide bonds. The van der Waals surface area contributed by atoms with Crippen LogP contribution in [0, 0.1) is 6.92 Å². The Morgan fingerprint density at radius 3 is 2.46 bits per heavy atom. The van der Waals surface area contributed by atoms with Crippen molar-refractivity contribution in [3.63, 3.8) is 0 Å². The summed E-state index contributed by atoms with van der Waals surface area (Å²) < 4.78 is 5.72. The predicted molar refractivity (Wildman–Crippen MR) is 110 cm³/mol. The van der Waals surface area contributed by atoms with E-state index < -0.39 is 0 Å². The molecule has 0 fully saturated rings. The second kappa shape index (κ2) is 12.1. The van der Waals surface area contributed by atoms with Crippen LogP contribution in [0.3, 0.4) is 0 Å². The zero-order valence-electron chi connectivity index (χ0n) is 16.0. The average molecular weight is 354 g/mol. The summed E-state index contributed by atoms with van der Waals surface area (Å²) in [6.45, 7) is 5.41. The maximum absolute atomic E-state index is 5.72. The van der Waals surface area contributed by atoms with Gasteiger partial charge in [-0.3, -0.25) is 4.99 Å². The highest BCUT2D eigenvalue weighted by atomic mass is 16.5. The number of hydrogen-bond acceptors (Lipinski definition) is 2. The molecule has 0 aliphatic rings. The van der Waals surface area contributed by atoms with Crippen molar-refractivity contribution < 1.29 is 4.74 Å². The first-order valence-corrected chi connectivity index (χ1v) is 9.40. The Labute approximate surface area is 157 Å². The first-order valence-electron chi connectivity index (χ1n) is 9.40. The summed E-state index contributed by atoms with van der Waals surface area (Å²) in [7, 11) is 1.81. The van der Waals surface area contributed by atoms with E-state index in [1.165, 1.54) is 16.7 Å². The standard InChI is InChI=1S/C22H31N3O/c1-19-10-6-7-13-21(19)18-25-22(23-2)24-15-8-9-16-26-17-14-20-11-4-3-5-12-20/h3-7,10-13H,8-9,14-18H2,1-2H3,(H2,23,24,25). The highest BCUT2D eigenvalue weighted by Crippen LogP contribution is 2.05. The molecule has 0 bridgehead atoms. The molecule has 0 spiro atoms. The highest BCUT2D eigenvalue weighted by Gasteiger charge is 2.00. The van der Waals surface area contributed by atoms with Crippen molar-refractivity contribution in [2.45, 2.75) is 32.7 Å². The molecule has 0 unspecified atom stereocenters. The molecule has 2 N–H and O–H groups in total. The van der Waals surface area contributed by atoms with Crippen molar-refractivity contribution in [2.75, 3.05) is 26.8 Å². The van der Waals surface area contributed by atoms with Crippen LogP contribution < -0.4 is 10.6 Å². The third-order valence-electron chi connectivity index (χ3n) is 4.32. The molecule has 4 heteroatoms. The van der Waals surface area contributed by atoms with Crippen molar-refractivity contribution in [1.29, 1.82) is 0 Å². The summed E-state index contributed by atoms with van der Waals surface area (Å²) in [5, 5.41) is 6.72. The zero-order valence-corrected chi connectivity index (χ0v) is 16.0. The third-order valence-corrected chi connectivity index (χ3v) is 4.32. The Hall–Kier alpha value is -2.33. The maximum Gasteiger partial charge on any atom is 0.191 e. The van der Waals surface area contributed by atoms with Gasteiger partial charge in [-0.15, -0.1) is 0 Å². The predicted octanol–water partition coefficient (Wildman–Crippen LogP) is 3.70. The molecule has 26 heavy (non-hydrogen) atoms. The summed E-state index contributed by atoms with van der Waals surface area (Å²) in [5.41, 5.74) is 3.92. The van der Waals surface area contributed by atoms with Crippen molar-refractivity contribution in [3.05, 3.63) is 71.3 Å². The van der Waals surface area contributed by atoms with Gasteiger partial charge in [0.1, 0.15) is 0 Å². The lowest BCUT2D eigenvalue weighted by atomic mass is 10.1. The lowest BCUT2D eigenvalue weighted by Crippen LogP contribution is -2.37. The van der Waals surface area contributed by atoms with Gasteiger partial charge in [0.25, 0.3) is 0 Å². The number of nitrogens with zero attached hydrogens (tertiary/aromatic N) is 1. The van der Waals surface area contributed by atoms with E-state index >= 15 is 0 Å². The molecule has 0 aliphatic heterocycles. The summed E-state index contributed by atoms with van der Waals surface area (Å²) in [6.07, 6.45) is 3.10. The summed E-state index contributed by atoms with van der Waals surface area (Å²) in [4.78, 5) is 4.28. The fraction of sp³-hybridized carbons (Fsp3) is 0.409. The van der Waals surface area contributed by atoms with Crippen molar-refractivity contribution >= 4 is 5.96 Å². The number of unbranched alkanes of at least 4 members (excludes halogenated alkanes) is 1. The molecule has 4 nitrogen and oxygen atoms in total. The Morgan fingerprint density at radius 2 is 1.69 bits per heavy atom. The van der Waals surface area contributed by atoms with Crippen molar-refractivity contribution in [2.24, 2.45) is 4.99 Å². The van der Waals surface area contributed by atoms with E-state index in [0.29, 0.717) is 0 Å². The van der Waals surface area contributed by atoms with Crippen molar-refractivity contribution in [3.8, 4) is 0 Å². The van der Waals surface area contributed by atoms with Crippen LogP contribution >= 0.6 is 0 Å². The molecular weight excluding hydrogens is 322 g/mol. The van der Waals surface area contributed by atoms with E-state index in [4.69, 9.17) is 4.74 Å². The lowest BCUT2D eigenvalue weighted by molar-refractivity contribution is 0.133. The molecule has 0 aromatic heterocycles. The Kier molecular flexibility index (Phi) is 9.30.